The largest absolute Gasteiger partial charge is 0.481 e. The number of carboxylic acid groups (broad SMARTS) is 1. The van der Waals surface area contributed by atoms with Crippen molar-refractivity contribution in [1.29, 1.82) is 0 Å². The third-order valence-electron chi connectivity index (χ3n) is 15.2. The SMILES string of the molecule is CCCN(CCO)C(=O)C1=Cc2ccc(C3(C(=O)Nc4cnc5c(c4)CN(C(=O)OCc4ccc(NC(=O)[C@H](C)NC(=O)[C@@H](NC(=O)[C@H](CCC(=O)O)NC(=O)CCCCCNC(=O)c6cnc(S(C)(=O)=O)nc6)C(C)C)cc4)CC5)CC3)cc2N=C(N)C1. The van der Waals surface area contributed by atoms with Crippen LogP contribution < -0.4 is 37.6 Å². The molecule has 3 atom stereocenters. The normalized spacial score (nSPS) is 15.0. The molecule has 0 saturated heterocycles. The number of pyridine rings is 1. The Bertz CT molecular complexity index is 3480. The van der Waals surface area contributed by atoms with E-state index in [9.17, 15) is 61.8 Å². The number of anilines is 2. The number of nitrogens with one attached hydrogen (secondary N) is 6. The highest BCUT2D eigenvalue weighted by Gasteiger charge is 2.51. The van der Waals surface area contributed by atoms with Gasteiger partial charge >= 0.3 is 12.1 Å². The van der Waals surface area contributed by atoms with Gasteiger partial charge in [0.05, 0.1) is 41.7 Å². The molecule has 8 amide bonds. The standard InChI is InChI=1S/C61H77N13O14S/c1-6-23-73(25-26-75)57(83)40-27-39-13-14-43(30-48(39)70-49(62)29-40)61(20-21-61)58(84)69-45-28-41-34-74(24-19-46(41)64-33-45)60(85)88-35-38-11-15-44(16-12-38)68-53(79)37(4)67-56(82)52(36(2)3)72-55(81)47(17-18-51(77)78)71-50(76)10-8-7-9-22-63-54(80)42-31-65-59(66-32-42)89(5,86)87/h11-16,27-28,30-33,36-37,47,52,75H,6-10,17-26,29,34-35H2,1-5H3,(H2,62,70)(H,63,80)(H,67,82)(H,68,79)(H,69,84)(H,71,76)(H,72,81)(H,77,78)/t37-,47-,52-/m0/s1. The van der Waals surface area contributed by atoms with Crippen molar-refractivity contribution < 1.29 is 66.5 Å². The number of hydrogen-bond acceptors (Lipinski definition) is 18. The van der Waals surface area contributed by atoms with Crippen LogP contribution in [0.4, 0.5) is 21.9 Å². The zero-order valence-corrected chi connectivity index (χ0v) is 51.2. The van der Waals surface area contributed by atoms with Gasteiger partial charge in [-0.3, -0.25) is 43.3 Å². The molecule has 27 nitrogen and oxygen atoms in total. The minimum Gasteiger partial charge on any atom is -0.481 e. The van der Waals surface area contributed by atoms with Crippen LogP contribution in [-0.4, -0.2) is 160 Å². The van der Waals surface area contributed by atoms with E-state index in [-0.39, 0.29) is 75.3 Å². The molecule has 1 aliphatic carbocycles. The number of aliphatic hydroxyl groups excluding tert-OH is 1. The minimum atomic E-state index is -3.63. The van der Waals surface area contributed by atoms with E-state index >= 15 is 0 Å². The van der Waals surface area contributed by atoms with Gasteiger partial charge in [0.1, 0.15) is 30.6 Å². The van der Waals surface area contributed by atoms with Crippen molar-refractivity contribution in [3.63, 3.8) is 0 Å². The number of ether oxygens (including phenoxy) is 1. The number of sulfone groups is 1. The summed E-state index contributed by atoms with van der Waals surface area (Å²) in [5.74, 6) is -5.03. The average Bonchev–Trinajstić information content (AvgIpc) is 1.68. The zero-order valence-electron chi connectivity index (χ0n) is 50.4. The highest BCUT2D eigenvalue weighted by molar-refractivity contribution is 7.90. The molecular weight excluding hydrogens is 1170 g/mol. The van der Waals surface area contributed by atoms with Gasteiger partial charge in [-0.15, -0.1) is 0 Å². The Morgan fingerprint density at radius 2 is 1.56 bits per heavy atom. The van der Waals surface area contributed by atoms with Crippen LogP contribution in [0.3, 0.4) is 0 Å². The predicted octanol–water partition coefficient (Wildman–Crippen LogP) is 3.57. The Kier molecular flexibility index (Phi) is 23.2. The molecule has 3 aliphatic rings. The van der Waals surface area contributed by atoms with Crippen LogP contribution in [0.2, 0.25) is 0 Å². The number of amides is 8. The van der Waals surface area contributed by atoms with E-state index in [1.807, 2.05) is 25.1 Å². The number of carboxylic acids is 1. The quantitative estimate of drug-likeness (QED) is 0.0277. The average molecular weight is 1250 g/mol. The zero-order chi connectivity index (χ0) is 64.6. The number of nitrogens with two attached hydrogens (primary N) is 1. The van der Waals surface area contributed by atoms with Gasteiger partial charge in [0.25, 0.3) is 5.91 Å². The molecule has 0 spiro atoms. The number of aromatic nitrogens is 3. The van der Waals surface area contributed by atoms with Crippen LogP contribution in [0.15, 0.2) is 82.8 Å². The summed E-state index contributed by atoms with van der Waals surface area (Å²) >= 11 is 0. The number of aliphatic hydroxyl groups is 1. The van der Waals surface area contributed by atoms with Crippen LogP contribution in [-0.2, 0) is 73.1 Å². The summed E-state index contributed by atoms with van der Waals surface area (Å²) in [6, 6.07) is 10.3. The summed E-state index contributed by atoms with van der Waals surface area (Å²) in [7, 11) is -3.63. The number of aliphatic imine (C=N–C) groups is 1. The molecular formula is C61H77N13O14S. The fourth-order valence-electron chi connectivity index (χ4n) is 10.1. The molecule has 2 aromatic heterocycles. The molecule has 0 radical (unpaired) electrons. The van der Waals surface area contributed by atoms with E-state index in [1.165, 1.54) is 6.92 Å². The number of hydrogen-bond donors (Lipinski definition) is 9. The lowest BCUT2D eigenvalue weighted by molar-refractivity contribution is -0.138. The van der Waals surface area contributed by atoms with Crippen LogP contribution in [0, 0.1) is 5.92 Å². The van der Waals surface area contributed by atoms with E-state index in [0.29, 0.717) is 85.4 Å². The van der Waals surface area contributed by atoms with Crippen LogP contribution in [0.5, 0.6) is 0 Å². The maximum absolute atomic E-state index is 14.0. The summed E-state index contributed by atoms with van der Waals surface area (Å²) in [5.41, 5.74) is 11.0. The number of fused-ring (bicyclic) bond motifs is 2. The van der Waals surface area contributed by atoms with Crippen molar-refractivity contribution in [3.05, 3.63) is 106 Å². The van der Waals surface area contributed by atoms with Gasteiger partial charge in [0, 0.05) is 93.0 Å². The molecule has 7 rings (SSSR count). The number of benzene rings is 2. The molecule has 10 N–H and O–H groups in total. The lowest BCUT2D eigenvalue weighted by Crippen LogP contribution is -2.57. The summed E-state index contributed by atoms with van der Waals surface area (Å²) in [5, 5.41) is 34.7. The molecule has 89 heavy (non-hydrogen) atoms. The van der Waals surface area contributed by atoms with E-state index in [0.717, 1.165) is 41.9 Å². The first-order valence-corrected chi connectivity index (χ1v) is 31.4. The molecule has 0 bridgehead atoms. The fraction of sp³-hybridized carbons (Fsp3) is 0.459. The lowest BCUT2D eigenvalue weighted by atomic mass is 9.92. The Morgan fingerprint density at radius 1 is 0.831 bits per heavy atom. The van der Waals surface area contributed by atoms with Crippen LogP contribution in [0.1, 0.15) is 130 Å². The third kappa shape index (κ3) is 18.7. The minimum absolute atomic E-state index is 0.0286. The summed E-state index contributed by atoms with van der Waals surface area (Å²) in [4.78, 5) is 138. The maximum Gasteiger partial charge on any atom is 0.410 e. The number of nitrogens with zero attached hydrogens (tertiary/aromatic N) is 6. The monoisotopic (exact) mass is 1250 g/mol. The van der Waals surface area contributed by atoms with Crippen molar-refractivity contribution in [2.24, 2.45) is 16.6 Å². The van der Waals surface area contributed by atoms with E-state index < -0.39 is 92.5 Å². The molecule has 4 heterocycles. The summed E-state index contributed by atoms with van der Waals surface area (Å²) in [6.07, 6.45) is 9.06. The van der Waals surface area contributed by atoms with E-state index in [2.05, 4.69) is 51.8 Å². The second kappa shape index (κ2) is 30.6. The van der Waals surface area contributed by atoms with Crippen molar-refractivity contribution in [3.8, 4) is 0 Å². The molecule has 1 saturated carbocycles. The van der Waals surface area contributed by atoms with Crippen LogP contribution >= 0.6 is 0 Å². The van der Waals surface area contributed by atoms with Gasteiger partial charge in [-0.05, 0) is 98.4 Å². The second-order valence-corrected chi connectivity index (χ2v) is 24.5. The third-order valence-corrected chi connectivity index (χ3v) is 16.1. The van der Waals surface area contributed by atoms with Crippen molar-refractivity contribution in [1.82, 2.24) is 46.0 Å². The van der Waals surface area contributed by atoms with Crippen LogP contribution in [0.25, 0.3) is 6.08 Å². The summed E-state index contributed by atoms with van der Waals surface area (Å²) in [6.45, 7) is 7.95. The molecule has 4 aromatic rings. The highest BCUT2D eigenvalue weighted by Crippen LogP contribution is 2.50. The Hall–Kier alpha value is -9.18. The first-order chi connectivity index (χ1) is 42.4. The molecule has 476 valence electrons. The van der Waals surface area contributed by atoms with Gasteiger partial charge in [-0.25, -0.2) is 28.2 Å². The summed E-state index contributed by atoms with van der Waals surface area (Å²) < 4.78 is 28.8. The Balaban J connectivity index is 0.841. The van der Waals surface area contributed by atoms with Gasteiger partial charge in [0.15, 0.2) is 0 Å². The predicted molar refractivity (Wildman–Crippen MR) is 327 cm³/mol. The first-order valence-electron chi connectivity index (χ1n) is 29.5. The smallest absolute Gasteiger partial charge is 0.410 e. The van der Waals surface area contributed by atoms with Gasteiger partial charge in [0.2, 0.25) is 50.4 Å². The van der Waals surface area contributed by atoms with Gasteiger partial charge in [-0.1, -0.05) is 51.5 Å². The van der Waals surface area contributed by atoms with Gasteiger partial charge < -0.3 is 62.4 Å². The molecule has 28 heteroatoms. The molecule has 2 aliphatic heterocycles. The number of rotatable bonds is 29. The topological polar surface area (TPSA) is 393 Å². The van der Waals surface area contributed by atoms with E-state index in [1.54, 1.807) is 66.3 Å². The number of amidine groups is 1. The fourth-order valence-corrected chi connectivity index (χ4v) is 10.5. The van der Waals surface area contributed by atoms with Crippen molar-refractivity contribution in [2.45, 2.75) is 140 Å². The number of carbonyl (C=O) groups is 9. The second-order valence-electron chi connectivity index (χ2n) is 22.6. The van der Waals surface area contributed by atoms with Crippen molar-refractivity contribution in [2.75, 3.05) is 49.7 Å². The number of carbonyl (C=O) groups excluding carboxylic acids is 8. The number of unbranched alkanes of at least 4 members (excludes halogenated alkanes) is 2. The maximum atomic E-state index is 14.0. The van der Waals surface area contributed by atoms with Crippen molar-refractivity contribution >= 4 is 92.2 Å². The van der Waals surface area contributed by atoms with E-state index in [4.69, 9.17) is 10.5 Å². The Morgan fingerprint density at radius 3 is 2.22 bits per heavy atom. The molecule has 2 aromatic carbocycles. The number of aliphatic carboxylic acids is 1. The molecule has 0 unspecified atom stereocenters. The highest BCUT2D eigenvalue weighted by atomic mass is 32.2. The first kappa shape index (κ1) is 67.3. The van der Waals surface area contributed by atoms with Gasteiger partial charge in [-0.2, -0.15) is 0 Å². The Labute approximate surface area is 515 Å². The molecule has 1 fully saturated rings. The lowest BCUT2D eigenvalue weighted by Gasteiger charge is -2.28.